The van der Waals surface area contributed by atoms with Gasteiger partial charge in [-0.1, -0.05) is 164 Å². The van der Waals surface area contributed by atoms with Gasteiger partial charge in [0.2, 0.25) is 0 Å². The van der Waals surface area contributed by atoms with E-state index in [1.54, 1.807) is 0 Å². The van der Waals surface area contributed by atoms with Gasteiger partial charge in [0, 0.05) is 27.6 Å². The molecule has 10 rings (SSSR count). The molecule has 0 fully saturated rings. The van der Waals surface area contributed by atoms with Crippen molar-refractivity contribution in [1.82, 2.24) is 0 Å². The summed E-state index contributed by atoms with van der Waals surface area (Å²) in [6.07, 6.45) is 0. The Kier molecular flexibility index (Phi) is 7.85. The highest BCUT2D eigenvalue weighted by atomic mass is 16.3. The van der Waals surface area contributed by atoms with Crippen LogP contribution >= 0.6 is 0 Å². The number of hydrogen-bond acceptors (Lipinski definition) is 2. The molecule has 9 aromatic carbocycles. The number of furan rings is 1. The molecule has 54 heavy (non-hydrogen) atoms. The van der Waals surface area contributed by atoms with Crippen LogP contribution in [0.15, 0.2) is 217 Å². The van der Waals surface area contributed by atoms with E-state index in [2.05, 4.69) is 199 Å². The van der Waals surface area contributed by atoms with Gasteiger partial charge in [0.15, 0.2) is 0 Å². The normalized spacial score (nSPS) is 11.3. The average Bonchev–Trinajstić information content (AvgIpc) is 3.69. The Morgan fingerprint density at radius 2 is 0.981 bits per heavy atom. The Balaban J connectivity index is 1.12. The summed E-state index contributed by atoms with van der Waals surface area (Å²) in [6, 6.07) is 76.0. The van der Waals surface area contributed by atoms with Gasteiger partial charge in [-0.15, -0.1) is 0 Å². The summed E-state index contributed by atoms with van der Waals surface area (Å²) in [7, 11) is 0. The predicted molar refractivity (Wildman–Crippen MR) is 228 cm³/mol. The summed E-state index contributed by atoms with van der Waals surface area (Å²) in [4.78, 5) is 2.42. The lowest BCUT2D eigenvalue weighted by atomic mass is 9.94. The molecule has 0 saturated carbocycles. The fourth-order valence-corrected chi connectivity index (χ4v) is 7.80. The number of para-hydroxylation sites is 2. The highest BCUT2D eigenvalue weighted by molar-refractivity contribution is 6.07. The first-order valence-electron chi connectivity index (χ1n) is 18.4. The largest absolute Gasteiger partial charge is 0.456 e. The van der Waals surface area contributed by atoms with Gasteiger partial charge in [0.1, 0.15) is 11.3 Å². The van der Waals surface area contributed by atoms with Crippen LogP contribution in [-0.2, 0) is 0 Å². The van der Waals surface area contributed by atoms with E-state index in [4.69, 9.17) is 4.42 Å². The Labute approximate surface area is 314 Å². The average molecular weight is 690 g/mol. The molecule has 0 saturated heterocycles. The Hall–Kier alpha value is -7.16. The maximum absolute atomic E-state index is 6.28. The van der Waals surface area contributed by atoms with Crippen molar-refractivity contribution < 1.29 is 4.42 Å². The van der Waals surface area contributed by atoms with Crippen molar-refractivity contribution in [2.45, 2.75) is 0 Å². The smallest absolute Gasteiger partial charge is 0.135 e. The zero-order valence-electron chi connectivity index (χ0n) is 29.6. The third-order valence-corrected chi connectivity index (χ3v) is 10.5. The number of benzene rings is 9. The van der Waals surface area contributed by atoms with Gasteiger partial charge in [0.25, 0.3) is 0 Å². The lowest BCUT2D eigenvalue weighted by molar-refractivity contribution is 0.631. The molecule has 0 aliphatic rings. The van der Waals surface area contributed by atoms with Crippen LogP contribution in [0.2, 0.25) is 0 Å². The second-order valence-electron chi connectivity index (χ2n) is 13.7. The zero-order chi connectivity index (χ0) is 35.8. The van der Waals surface area contributed by atoms with Crippen LogP contribution in [0.5, 0.6) is 0 Å². The molecule has 2 heteroatoms. The molecule has 10 aromatic rings. The van der Waals surface area contributed by atoms with E-state index >= 15 is 0 Å². The molecular formula is C52H35NO. The zero-order valence-corrected chi connectivity index (χ0v) is 29.6. The van der Waals surface area contributed by atoms with E-state index in [0.29, 0.717) is 0 Å². The number of fused-ring (bicyclic) bond motifs is 3. The lowest BCUT2D eigenvalue weighted by Gasteiger charge is -2.29. The molecule has 254 valence electrons. The molecule has 0 bridgehead atoms. The number of rotatable bonds is 7. The molecule has 1 heterocycles. The van der Waals surface area contributed by atoms with Gasteiger partial charge in [-0.3, -0.25) is 0 Å². The van der Waals surface area contributed by atoms with E-state index in [-0.39, 0.29) is 0 Å². The third kappa shape index (κ3) is 5.71. The van der Waals surface area contributed by atoms with Crippen molar-refractivity contribution in [3.05, 3.63) is 212 Å². The minimum atomic E-state index is 0.870. The Morgan fingerprint density at radius 1 is 0.315 bits per heavy atom. The number of anilines is 3. The Morgan fingerprint density at radius 3 is 1.83 bits per heavy atom. The van der Waals surface area contributed by atoms with Crippen LogP contribution in [-0.4, -0.2) is 0 Å². The standard InChI is InChI=1S/C52H35NO/c1-2-14-38(15-3-1)46-20-9-10-23-49(46)53(44-29-27-37(28-30-44)40-26-25-36-13-4-5-16-39(36)33-40)50-32-31-45(47-21-7-8-22-48(47)50)41-18-12-19-42(34-41)52-35-43-17-6-11-24-51(43)54-52/h1-35H. The van der Waals surface area contributed by atoms with Crippen molar-refractivity contribution in [3.63, 3.8) is 0 Å². The molecule has 0 atom stereocenters. The second kappa shape index (κ2) is 13.4. The minimum absolute atomic E-state index is 0.870. The topological polar surface area (TPSA) is 16.4 Å². The summed E-state index contributed by atoms with van der Waals surface area (Å²) in [5.41, 5.74) is 12.3. The maximum atomic E-state index is 6.28. The van der Waals surface area contributed by atoms with Crippen LogP contribution in [0.3, 0.4) is 0 Å². The van der Waals surface area contributed by atoms with E-state index in [0.717, 1.165) is 44.9 Å². The van der Waals surface area contributed by atoms with Gasteiger partial charge in [-0.2, -0.15) is 0 Å². The first-order valence-corrected chi connectivity index (χ1v) is 18.4. The van der Waals surface area contributed by atoms with Crippen LogP contribution < -0.4 is 4.90 Å². The van der Waals surface area contributed by atoms with Gasteiger partial charge >= 0.3 is 0 Å². The van der Waals surface area contributed by atoms with Crippen LogP contribution in [0.1, 0.15) is 0 Å². The van der Waals surface area contributed by atoms with Gasteiger partial charge in [-0.05, 0) is 92.5 Å². The van der Waals surface area contributed by atoms with Crippen molar-refractivity contribution in [1.29, 1.82) is 0 Å². The van der Waals surface area contributed by atoms with Gasteiger partial charge in [-0.25, -0.2) is 0 Å². The summed E-state index contributed by atoms with van der Waals surface area (Å²) in [5.74, 6) is 0.870. The van der Waals surface area contributed by atoms with Crippen molar-refractivity contribution >= 4 is 49.6 Å². The van der Waals surface area contributed by atoms with Crippen LogP contribution in [0, 0.1) is 0 Å². The van der Waals surface area contributed by atoms with Gasteiger partial charge in [0.05, 0.1) is 11.4 Å². The fourth-order valence-electron chi connectivity index (χ4n) is 7.80. The molecule has 0 spiro atoms. The molecule has 2 nitrogen and oxygen atoms in total. The molecule has 0 radical (unpaired) electrons. The number of hydrogen-bond donors (Lipinski definition) is 0. The van der Waals surface area contributed by atoms with E-state index < -0.39 is 0 Å². The van der Waals surface area contributed by atoms with E-state index in [9.17, 15) is 0 Å². The minimum Gasteiger partial charge on any atom is -0.456 e. The van der Waals surface area contributed by atoms with E-state index in [1.165, 1.54) is 49.4 Å². The van der Waals surface area contributed by atoms with Crippen molar-refractivity contribution in [2.24, 2.45) is 0 Å². The Bertz CT molecular complexity index is 2910. The highest BCUT2D eigenvalue weighted by Gasteiger charge is 2.21. The van der Waals surface area contributed by atoms with Crippen LogP contribution in [0.4, 0.5) is 17.1 Å². The molecule has 0 amide bonds. The SMILES string of the molecule is c1ccc(-c2ccccc2N(c2ccc(-c3ccc4ccccc4c3)cc2)c2ccc(-c3cccc(-c4cc5ccccc5o4)c3)c3ccccc23)cc1. The molecule has 0 aliphatic heterocycles. The van der Waals surface area contributed by atoms with E-state index in [1.807, 2.05) is 18.2 Å². The molecule has 0 unspecified atom stereocenters. The molecular weight excluding hydrogens is 655 g/mol. The van der Waals surface area contributed by atoms with Crippen molar-refractivity contribution in [2.75, 3.05) is 4.90 Å². The maximum Gasteiger partial charge on any atom is 0.135 e. The van der Waals surface area contributed by atoms with Crippen LogP contribution in [0.25, 0.3) is 77.2 Å². The van der Waals surface area contributed by atoms with Gasteiger partial charge < -0.3 is 9.32 Å². The third-order valence-electron chi connectivity index (χ3n) is 10.5. The predicted octanol–water partition coefficient (Wildman–Crippen LogP) is 14.9. The highest BCUT2D eigenvalue weighted by Crippen LogP contribution is 2.46. The first-order chi connectivity index (χ1) is 26.8. The summed E-state index contributed by atoms with van der Waals surface area (Å²) in [6.45, 7) is 0. The second-order valence-corrected chi connectivity index (χ2v) is 13.7. The summed E-state index contributed by atoms with van der Waals surface area (Å²) < 4.78 is 6.28. The summed E-state index contributed by atoms with van der Waals surface area (Å²) in [5, 5.41) is 5.96. The quantitative estimate of drug-likeness (QED) is 0.166. The molecule has 0 aliphatic carbocycles. The summed E-state index contributed by atoms with van der Waals surface area (Å²) >= 11 is 0. The lowest BCUT2D eigenvalue weighted by Crippen LogP contribution is -2.12. The molecule has 1 aromatic heterocycles. The fraction of sp³-hybridized carbons (Fsp3) is 0. The van der Waals surface area contributed by atoms with Crippen molar-refractivity contribution in [3.8, 4) is 44.7 Å². The molecule has 0 N–H and O–H groups in total. The first kappa shape index (κ1) is 31.6. The number of nitrogens with zero attached hydrogens (tertiary/aromatic N) is 1. The monoisotopic (exact) mass is 689 g/mol.